The summed E-state index contributed by atoms with van der Waals surface area (Å²) < 4.78 is 15.1. The zero-order chi connectivity index (χ0) is 16.7. The van der Waals surface area contributed by atoms with E-state index in [0.717, 1.165) is 11.8 Å². The zero-order valence-electron chi connectivity index (χ0n) is 12.3. The first-order valence-corrected chi connectivity index (χ1v) is 8.50. The van der Waals surface area contributed by atoms with Crippen LogP contribution in [0.3, 0.4) is 0 Å². The summed E-state index contributed by atoms with van der Waals surface area (Å²) in [6.07, 6.45) is 0. The van der Waals surface area contributed by atoms with Crippen molar-refractivity contribution in [1.82, 2.24) is 24.6 Å². The van der Waals surface area contributed by atoms with Crippen LogP contribution in [-0.2, 0) is 13.1 Å². The number of hydrogen-bond acceptors (Lipinski definition) is 5. The van der Waals surface area contributed by atoms with Gasteiger partial charge < -0.3 is 9.47 Å². The molecule has 0 saturated carbocycles. The number of carbonyl (C=O) groups excluding carboxylic acids is 1. The van der Waals surface area contributed by atoms with Crippen LogP contribution in [0.2, 0.25) is 5.02 Å². The van der Waals surface area contributed by atoms with E-state index in [0.29, 0.717) is 31.3 Å². The van der Waals surface area contributed by atoms with Crippen LogP contribution in [0.1, 0.15) is 16.2 Å². The summed E-state index contributed by atoms with van der Waals surface area (Å²) in [5, 5.41) is 10.4. The lowest BCUT2D eigenvalue weighted by atomic mass is 10.1. The second-order valence-corrected chi connectivity index (χ2v) is 6.44. The number of benzene rings is 1. The quantitative estimate of drug-likeness (QED) is 0.702. The SMILES string of the molecule is O=C(c1ccc(F)cc1Cl)N1CCn2c(nnc2-c2cscn2)C1. The number of thiazole rings is 1. The number of halogens is 2. The van der Waals surface area contributed by atoms with Gasteiger partial charge in [0.1, 0.15) is 11.5 Å². The Hall–Kier alpha value is -2.32. The van der Waals surface area contributed by atoms with Gasteiger partial charge in [-0.2, -0.15) is 0 Å². The van der Waals surface area contributed by atoms with Crippen molar-refractivity contribution in [2.24, 2.45) is 0 Å². The Morgan fingerprint density at radius 3 is 2.92 bits per heavy atom. The summed E-state index contributed by atoms with van der Waals surface area (Å²) in [7, 11) is 0. The Kier molecular flexibility index (Phi) is 3.78. The smallest absolute Gasteiger partial charge is 0.255 e. The fourth-order valence-electron chi connectivity index (χ4n) is 2.68. The van der Waals surface area contributed by atoms with E-state index in [9.17, 15) is 9.18 Å². The third kappa shape index (κ3) is 2.57. The maximum absolute atomic E-state index is 13.2. The molecule has 9 heteroatoms. The van der Waals surface area contributed by atoms with Gasteiger partial charge in [0, 0.05) is 18.5 Å². The van der Waals surface area contributed by atoms with E-state index in [4.69, 9.17) is 11.6 Å². The van der Waals surface area contributed by atoms with Crippen LogP contribution in [0.25, 0.3) is 11.5 Å². The van der Waals surface area contributed by atoms with Crippen LogP contribution in [0.15, 0.2) is 29.1 Å². The fraction of sp³-hybridized carbons (Fsp3) is 0.200. The molecule has 3 heterocycles. The molecule has 1 aliphatic rings. The van der Waals surface area contributed by atoms with Crippen molar-refractivity contribution in [3.63, 3.8) is 0 Å². The molecule has 0 bridgehead atoms. The molecule has 0 N–H and O–H groups in total. The number of fused-ring (bicyclic) bond motifs is 1. The minimum atomic E-state index is -0.470. The molecule has 3 aromatic rings. The molecule has 1 aliphatic heterocycles. The Balaban J connectivity index is 1.60. The molecule has 0 aliphatic carbocycles. The minimum absolute atomic E-state index is 0.107. The standard InChI is InChI=1S/C15H11ClFN5OS/c16-11-5-9(17)1-2-10(11)15(23)21-3-4-22-13(6-21)19-20-14(22)12-7-24-8-18-12/h1-2,5,7-8H,3-4,6H2. The highest BCUT2D eigenvalue weighted by molar-refractivity contribution is 7.07. The first kappa shape index (κ1) is 15.2. The van der Waals surface area contributed by atoms with E-state index in [1.165, 1.54) is 23.5 Å². The molecule has 0 spiro atoms. The van der Waals surface area contributed by atoms with Crippen molar-refractivity contribution in [3.8, 4) is 11.5 Å². The number of amides is 1. The van der Waals surface area contributed by atoms with Gasteiger partial charge >= 0.3 is 0 Å². The molecule has 6 nitrogen and oxygen atoms in total. The third-order valence-electron chi connectivity index (χ3n) is 3.86. The van der Waals surface area contributed by atoms with E-state index >= 15 is 0 Å². The predicted octanol–water partition coefficient (Wildman–Crippen LogP) is 2.85. The van der Waals surface area contributed by atoms with Gasteiger partial charge in [0.15, 0.2) is 11.6 Å². The summed E-state index contributed by atoms with van der Waals surface area (Å²) in [6, 6.07) is 3.77. The first-order chi connectivity index (χ1) is 11.6. The maximum Gasteiger partial charge on any atom is 0.255 e. The Morgan fingerprint density at radius 1 is 1.29 bits per heavy atom. The molecule has 0 radical (unpaired) electrons. The zero-order valence-corrected chi connectivity index (χ0v) is 13.9. The van der Waals surface area contributed by atoms with Crippen LogP contribution < -0.4 is 0 Å². The summed E-state index contributed by atoms with van der Waals surface area (Å²) in [5.41, 5.74) is 2.80. The molecule has 4 rings (SSSR count). The largest absolute Gasteiger partial charge is 0.329 e. The van der Waals surface area contributed by atoms with Crippen molar-refractivity contribution in [3.05, 3.63) is 51.3 Å². The highest BCUT2D eigenvalue weighted by Crippen LogP contribution is 2.24. The lowest BCUT2D eigenvalue weighted by Crippen LogP contribution is -2.38. The Morgan fingerprint density at radius 2 is 2.17 bits per heavy atom. The molecule has 0 saturated heterocycles. The fourth-order valence-corrected chi connectivity index (χ4v) is 3.46. The average molecular weight is 364 g/mol. The highest BCUT2D eigenvalue weighted by atomic mass is 35.5. The van der Waals surface area contributed by atoms with Gasteiger partial charge in [0.05, 0.1) is 22.6 Å². The minimum Gasteiger partial charge on any atom is -0.329 e. The third-order valence-corrected chi connectivity index (χ3v) is 4.76. The average Bonchev–Trinajstić information content (AvgIpc) is 3.22. The predicted molar refractivity (Wildman–Crippen MR) is 87.3 cm³/mol. The number of carbonyl (C=O) groups is 1. The normalized spacial score (nSPS) is 13.8. The molecular weight excluding hydrogens is 353 g/mol. The lowest BCUT2D eigenvalue weighted by molar-refractivity contribution is 0.0708. The molecule has 0 unspecified atom stereocenters. The van der Waals surface area contributed by atoms with E-state index in [-0.39, 0.29) is 16.5 Å². The lowest BCUT2D eigenvalue weighted by Gasteiger charge is -2.28. The van der Waals surface area contributed by atoms with Crippen molar-refractivity contribution in [1.29, 1.82) is 0 Å². The molecule has 0 atom stereocenters. The van der Waals surface area contributed by atoms with E-state index < -0.39 is 5.82 Å². The second kappa shape index (κ2) is 5.95. The van der Waals surface area contributed by atoms with Gasteiger partial charge in [-0.1, -0.05) is 11.6 Å². The Bertz CT molecular complexity index is 911. The van der Waals surface area contributed by atoms with Crippen LogP contribution in [0.4, 0.5) is 4.39 Å². The summed E-state index contributed by atoms with van der Waals surface area (Å²) in [5.74, 6) is 0.682. The monoisotopic (exact) mass is 363 g/mol. The summed E-state index contributed by atoms with van der Waals surface area (Å²) in [4.78, 5) is 18.5. The molecular formula is C15H11ClFN5OS. The van der Waals surface area contributed by atoms with E-state index in [1.807, 2.05) is 9.95 Å². The molecule has 0 fully saturated rings. The number of nitrogens with zero attached hydrogens (tertiary/aromatic N) is 5. The second-order valence-electron chi connectivity index (χ2n) is 5.32. The molecule has 122 valence electrons. The van der Waals surface area contributed by atoms with Gasteiger partial charge in [-0.25, -0.2) is 9.37 Å². The van der Waals surface area contributed by atoms with Gasteiger partial charge in [0.2, 0.25) is 0 Å². The van der Waals surface area contributed by atoms with E-state index in [1.54, 1.807) is 10.4 Å². The van der Waals surface area contributed by atoms with E-state index in [2.05, 4.69) is 15.2 Å². The van der Waals surface area contributed by atoms with Crippen LogP contribution in [-0.4, -0.2) is 37.1 Å². The molecule has 1 amide bonds. The van der Waals surface area contributed by atoms with Gasteiger partial charge in [-0.15, -0.1) is 21.5 Å². The highest BCUT2D eigenvalue weighted by Gasteiger charge is 2.27. The number of hydrogen-bond donors (Lipinski definition) is 0. The van der Waals surface area contributed by atoms with Crippen molar-refractivity contribution < 1.29 is 9.18 Å². The molecule has 1 aromatic carbocycles. The Labute approximate surface area is 145 Å². The molecule has 2 aromatic heterocycles. The van der Waals surface area contributed by atoms with Crippen LogP contribution in [0, 0.1) is 5.82 Å². The topological polar surface area (TPSA) is 63.9 Å². The van der Waals surface area contributed by atoms with Gasteiger partial charge in [0.25, 0.3) is 5.91 Å². The van der Waals surface area contributed by atoms with Crippen LogP contribution >= 0.6 is 22.9 Å². The summed E-state index contributed by atoms with van der Waals surface area (Å²) in [6.45, 7) is 1.39. The van der Waals surface area contributed by atoms with Crippen molar-refractivity contribution >= 4 is 28.8 Å². The van der Waals surface area contributed by atoms with Crippen molar-refractivity contribution in [2.45, 2.75) is 13.1 Å². The van der Waals surface area contributed by atoms with Crippen molar-refractivity contribution in [2.75, 3.05) is 6.54 Å². The van der Waals surface area contributed by atoms with Gasteiger partial charge in [-0.3, -0.25) is 4.79 Å². The first-order valence-electron chi connectivity index (χ1n) is 7.18. The van der Waals surface area contributed by atoms with Crippen LogP contribution in [0.5, 0.6) is 0 Å². The summed E-state index contributed by atoms with van der Waals surface area (Å²) >= 11 is 7.48. The van der Waals surface area contributed by atoms with Gasteiger partial charge in [-0.05, 0) is 18.2 Å². The maximum atomic E-state index is 13.2. The number of aromatic nitrogens is 4. The number of rotatable bonds is 2. The molecule has 24 heavy (non-hydrogen) atoms.